The van der Waals surface area contributed by atoms with E-state index in [1.807, 2.05) is 0 Å². The van der Waals surface area contributed by atoms with Gasteiger partial charge < -0.3 is 9.47 Å². The van der Waals surface area contributed by atoms with Crippen LogP contribution in [0.4, 0.5) is 0 Å². The number of carbonyl (C=O) groups excluding carboxylic acids is 2. The molecule has 4 heteroatoms. The molecule has 0 N–H and O–H groups in total. The highest BCUT2D eigenvalue weighted by molar-refractivity contribution is 5.75. The van der Waals surface area contributed by atoms with Crippen molar-refractivity contribution in [3.63, 3.8) is 0 Å². The largest absolute Gasteiger partial charge is 0.465 e. The van der Waals surface area contributed by atoms with Gasteiger partial charge in [0, 0.05) is 0 Å². The van der Waals surface area contributed by atoms with Gasteiger partial charge in [0.25, 0.3) is 0 Å². The van der Waals surface area contributed by atoms with Gasteiger partial charge in [-0.25, -0.2) is 0 Å². The van der Waals surface area contributed by atoms with Crippen LogP contribution in [0.2, 0.25) is 0 Å². The third-order valence-electron chi connectivity index (χ3n) is 5.75. The molecule has 0 saturated heterocycles. The van der Waals surface area contributed by atoms with Crippen LogP contribution in [0, 0.1) is 23.7 Å². The van der Waals surface area contributed by atoms with Crippen molar-refractivity contribution in [2.75, 3.05) is 13.2 Å². The molecule has 0 radical (unpaired) electrons. The SMILES string of the molecule is CC(C)CCCCCCCCOC(=O)C1CCC(C(=O)OCCC(C)C)CC1. The van der Waals surface area contributed by atoms with Gasteiger partial charge in [0.05, 0.1) is 25.0 Å². The molecule has 0 aromatic heterocycles. The summed E-state index contributed by atoms with van der Waals surface area (Å²) in [5, 5.41) is 0. The number of esters is 2. The molecule has 0 aromatic carbocycles. The average molecular weight is 397 g/mol. The topological polar surface area (TPSA) is 52.6 Å². The lowest BCUT2D eigenvalue weighted by atomic mass is 9.82. The predicted octanol–water partition coefficient (Wildman–Crippen LogP) is 6.31. The standard InChI is InChI=1S/C24H44O4/c1-19(2)11-9-7-5-6-8-10-17-27-23(25)21-12-14-22(15-13-21)24(26)28-18-16-20(3)4/h19-22H,5-18H2,1-4H3. The normalized spacial score (nSPS) is 19.8. The van der Waals surface area contributed by atoms with E-state index in [0.717, 1.165) is 50.9 Å². The number of ether oxygens (including phenoxy) is 2. The summed E-state index contributed by atoms with van der Waals surface area (Å²) in [6, 6.07) is 0. The third-order valence-corrected chi connectivity index (χ3v) is 5.75. The molecule has 0 aliphatic heterocycles. The molecular formula is C24H44O4. The van der Waals surface area contributed by atoms with E-state index in [2.05, 4.69) is 27.7 Å². The number of hydrogen-bond donors (Lipinski definition) is 0. The summed E-state index contributed by atoms with van der Waals surface area (Å²) in [5.41, 5.74) is 0. The molecule has 0 amide bonds. The number of hydrogen-bond acceptors (Lipinski definition) is 4. The van der Waals surface area contributed by atoms with Gasteiger partial charge in [-0.1, -0.05) is 66.2 Å². The summed E-state index contributed by atoms with van der Waals surface area (Å²) in [7, 11) is 0. The maximum atomic E-state index is 12.2. The van der Waals surface area contributed by atoms with Crippen molar-refractivity contribution in [2.24, 2.45) is 23.7 Å². The van der Waals surface area contributed by atoms with Gasteiger partial charge in [-0.15, -0.1) is 0 Å². The van der Waals surface area contributed by atoms with Crippen molar-refractivity contribution in [1.82, 2.24) is 0 Å². The van der Waals surface area contributed by atoms with Gasteiger partial charge >= 0.3 is 11.9 Å². The van der Waals surface area contributed by atoms with E-state index < -0.39 is 0 Å². The first kappa shape index (κ1) is 25.0. The summed E-state index contributed by atoms with van der Waals surface area (Å²) in [4.78, 5) is 24.3. The quantitative estimate of drug-likeness (QED) is 0.255. The summed E-state index contributed by atoms with van der Waals surface area (Å²) >= 11 is 0. The molecule has 0 atom stereocenters. The Kier molecular flexibility index (Phi) is 13.3. The number of rotatable bonds is 14. The van der Waals surface area contributed by atoms with Crippen LogP contribution in [0.25, 0.3) is 0 Å². The monoisotopic (exact) mass is 396 g/mol. The predicted molar refractivity (Wildman–Crippen MR) is 114 cm³/mol. The van der Waals surface area contributed by atoms with E-state index in [-0.39, 0.29) is 23.8 Å². The molecular weight excluding hydrogens is 352 g/mol. The summed E-state index contributed by atoms with van der Waals surface area (Å²) in [6.45, 7) is 9.86. The van der Waals surface area contributed by atoms with Crippen LogP contribution in [0.3, 0.4) is 0 Å². The van der Waals surface area contributed by atoms with Crippen molar-refractivity contribution >= 4 is 11.9 Å². The van der Waals surface area contributed by atoms with E-state index in [0.29, 0.717) is 19.1 Å². The average Bonchev–Trinajstić information content (AvgIpc) is 2.66. The lowest BCUT2D eigenvalue weighted by Gasteiger charge is -2.26. The van der Waals surface area contributed by atoms with Crippen molar-refractivity contribution < 1.29 is 19.1 Å². The Balaban J connectivity index is 2.03. The molecule has 1 aliphatic carbocycles. The van der Waals surface area contributed by atoms with Gasteiger partial charge in [0.1, 0.15) is 0 Å². The fourth-order valence-electron chi connectivity index (χ4n) is 3.73. The summed E-state index contributed by atoms with van der Waals surface area (Å²) in [6.07, 6.45) is 12.5. The highest BCUT2D eigenvalue weighted by Gasteiger charge is 2.31. The van der Waals surface area contributed by atoms with Gasteiger partial charge in [-0.3, -0.25) is 9.59 Å². The van der Waals surface area contributed by atoms with Gasteiger partial charge in [-0.2, -0.15) is 0 Å². The second kappa shape index (κ2) is 14.9. The minimum atomic E-state index is -0.0825. The first-order valence-corrected chi connectivity index (χ1v) is 11.7. The van der Waals surface area contributed by atoms with Crippen LogP contribution < -0.4 is 0 Å². The van der Waals surface area contributed by atoms with E-state index >= 15 is 0 Å². The molecule has 28 heavy (non-hydrogen) atoms. The lowest BCUT2D eigenvalue weighted by molar-refractivity contribution is -0.155. The van der Waals surface area contributed by atoms with Crippen LogP contribution in [0.1, 0.15) is 105 Å². The second-order valence-corrected chi connectivity index (χ2v) is 9.37. The molecule has 0 aromatic rings. The molecule has 0 heterocycles. The zero-order valence-electron chi connectivity index (χ0n) is 18.8. The third kappa shape index (κ3) is 11.7. The Labute approximate surface area is 173 Å². The Bertz CT molecular complexity index is 422. The second-order valence-electron chi connectivity index (χ2n) is 9.37. The van der Waals surface area contributed by atoms with E-state index in [4.69, 9.17) is 9.47 Å². The zero-order chi connectivity index (χ0) is 20.8. The van der Waals surface area contributed by atoms with E-state index in [1.54, 1.807) is 0 Å². The molecule has 1 saturated carbocycles. The lowest BCUT2D eigenvalue weighted by Crippen LogP contribution is -2.28. The zero-order valence-corrected chi connectivity index (χ0v) is 18.8. The number of carbonyl (C=O) groups is 2. The van der Waals surface area contributed by atoms with Crippen molar-refractivity contribution in [1.29, 1.82) is 0 Å². The maximum Gasteiger partial charge on any atom is 0.308 e. The van der Waals surface area contributed by atoms with Gasteiger partial charge in [-0.05, 0) is 50.4 Å². The molecule has 0 unspecified atom stereocenters. The van der Waals surface area contributed by atoms with E-state index in [9.17, 15) is 9.59 Å². The van der Waals surface area contributed by atoms with Crippen LogP contribution in [-0.4, -0.2) is 25.2 Å². The Morgan fingerprint density at radius 1 is 0.643 bits per heavy atom. The van der Waals surface area contributed by atoms with Crippen LogP contribution in [-0.2, 0) is 19.1 Å². The van der Waals surface area contributed by atoms with Crippen molar-refractivity contribution in [3.8, 4) is 0 Å². The van der Waals surface area contributed by atoms with Gasteiger partial charge in [0.15, 0.2) is 0 Å². The molecule has 0 bridgehead atoms. The first-order chi connectivity index (χ1) is 13.4. The molecule has 0 spiro atoms. The minimum absolute atomic E-state index is 0.0317. The van der Waals surface area contributed by atoms with Crippen molar-refractivity contribution in [2.45, 2.75) is 105 Å². The van der Waals surface area contributed by atoms with Crippen LogP contribution in [0.5, 0.6) is 0 Å². The molecule has 1 fully saturated rings. The smallest absolute Gasteiger partial charge is 0.308 e. The summed E-state index contributed by atoms with van der Waals surface area (Å²) < 4.78 is 10.8. The fraction of sp³-hybridized carbons (Fsp3) is 0.917. The maximum absolute atomic E-state index is 12.2. The van der Waals surface area contributed by atoms with Crippen LogP contribution in [0.15, 0.2) is 0 Å². The van der Waals surface area contributed by atoms with Crippen molar-refractivity contribution in [3.05, 3.63) is 0 Å². The highest BCUT2D eigenvalue weighted by atomic mass is 16.5. The molecule has 164 valence electrons. The Hall–Kier alpha value is -1.06. The summed E-state index contributed by atoms with van der Waals surface area (Å²) in [5.74, 6) is 1.14. The minimum Gasteiger partial charge on any atom is -0.465 e. The molecule has 4 nitrogen and oxygen atoms in total. The van der Waals surface area contributed by atoms with Gasteiger partial charge in [0.2, 0.25) is 0 Å². The van der Waals surface area contributed by atoms with Crippen LogP contribution >= 0.6 is 0 Å². The molecule has 1 rings (SSSR count). The first-order valence-electron chi connectivity index (χ1n) is 11.7. The highest BCUT2D eigenvalue weighted by Crippen LogP contribution is 2.30. The number of unbranched alkanes of at least 4 members (excludes halogenated alkanes) is 5. The fourth-order valence-corrected chi connectivity index (χ4v) is 3.73. The Morgan fingerprint density at radius 2 is 1.07 bits per heavy atom. The molecule has 1 aliphatic rings. The Morgan fingerprint density at radius 3 is 1.57 bits per heavy atom. The van der Waals surface area contributed by atoms with E-state index in [1.165, 1.54) is 32.1 Å².